The van der Waals surface area contributed by atoms with Gasteiger partial charge >= 0.3 is 6.03 Å². The summed E-state index contributed by atoms with van der Waals surface area (Å²) < 4.78 is 28.9. The number of primary amides is 1. The number of carbonyl (C=O) groups is 9. The van der Waals surface area contributed by atoms with Gasteiger partial charge in [-0.3, -0.25) is 43.3 Å². The highest BCUT2D eigenvalue weighted by Gasteiger charge is 2.42. The Morgan fingerprint density at radius 1 is 0.731 bits per heavy atom. The van der Waals surface area contributed by atoms with Gasteiger partial charge in [-0.15, -0.1) is 0 Å². The predicted octanol–water partition coefficient (Wildman–Crippen LogP) is 3.33. The minimum Gasteiger partial charge on any atom is -0.352 e. The minimum atomic E-state index is -4.24. The summed E-state index contributed by atoms with van der Waals surface area (Å²) in [5.41, 5.74) is 5.74. The molecule has 0 aliphatic carbocycles. The molecule has 0 radical (unpaired) electrons. The van der Waals surface area contributed by atoms with Crippen molar-refractivity contribution >= 4 is 63.3 Å². The van der Waals surface area contributed by atoms with E-state index in [1.165, 1.54) is 36.1 Å². The predicted molar refractivity (Wildman–Crippen MR) is 298 cm³/mol. The zero-order valence-corrected chi connectivity index (χ0v) is 48.2. The largest absolute Gasteiger partial charge is 0.352 e. The quantitative estimate of drug-likeness (QED) is 0.0318. The fourth-order valence-corrected chi connectivity index (χ4v) is 10.1. The van der Waals surface area contributed by atoms with Crippen LogP contribution in [0.15, 0.2) is 78.4 Å². The van der Waals surface area contributed by atoms with Gasteiger partial charge in [0.15, 0.2) is 0 Å². The van der Waals surface area contributed by atoms with Gasteiger partial charge in [0.1, 0.15) is 18.1 Å². The molecule has 2 aromatic rings. The number of likely N-dealkylation sites (N-methyl/N-ethyl adjacent to an activating group) is 2. The van der Waals surface area contributed by atoms with E-state index in [0.29, 0.717) is 30.4 Å². The Bertz CT molecular complexity index is 2590. The first-order valence-corrected chi connectivity index (χ1v) is 28.1. The summed E-state index contributed by atoms with van der Waals surface area (Å²) in [5.74, 6) is -5.08. The highest BCUT2D eigenvalue weighted by atomic mass is 32.2. The van der Waals surface area contributed by atoms with E-state index in [2.05, 4.69) is 36.6 Å². The zero-order chi connectivity index (χ0) is 58.7. The lowest BCUT2D eigenvalue weighted by atomic mass is 9.76. The van der Waals surface area contributed by atoms with Crippen LogP contribution in [0.5, 0.6) is 0 Å². The molecule has 3 rings (SSSR count). The van der Waals surface area contributed by atoms with E-state index in [9.17, 15) is 51.6 Å². The molecule has 10 amide bonds. The molecule has 9 N–H and O–H groups in total. The topological polar surface area (TPSA) is 304 Å². The van der Waals surface area contributed by atoms with Crippen molar-refractivity contribution in [3.63, 3.8) is 0 Å². The molecule has 0 fully saturated rings. The summed E-state index contributed by atoms with van der Waals surface area (Å²) in [7, 11) is -0.959. The van der Waals surface area contributed by atoms with E-state index in [4.69, 9.17) is 5.73 Å². The summed E-state index contributed by atoms with van der Waals surface area (Å²) in [6, 6.07) is 10.7. The smallest absolute Gasteiger partial charge is 0.312 e. The van der Waals surface area contributed by atoms with Crippen molar-refractivity contribution in [3.8, 4) is 0 Å². The number of urea groups is 1. The van der Waals surface area contributed by atoms with Gasteiger partial charge in [0, 0.05) is 56.2 Å². The van der Waals surface area contributed by atoms with Gasteiger partial charge in [0.25, 0.3) is 17.7 Å². The van der Waals surface area contributed by atoms with Crippen LogP contribution in [0.25, 0.3) is 0 Å². The van der Waals surface area contributed by atoms with Crippen LogP contribution in [0, 0.1) is 17.3 Å². The summed E-state index contributed by atoms with van der Waals surface area (Å²) in [5, 5.41) is 16.9. The lowest BCUT2D eigenvalue weighted by molar-refractivity contribution is -0.141. The second-order valence-corrected chi connectivity index (χ2v) is 23.9. The lowest BCUT2D eigenvalue weighted by Crippen LogP contribution is -2.61. The van der Waals surface area contributed by atoms with Crippen LogP contribution >= 0.6 is 0 Å². The molecule has 5 atom stereocenters. The Kier molecular flexibility index (Phi) is 24.9. The highest BCUT2D eigenvalue weighted by molar-refractivity contribution is 7.89. The van der Waals surface area contributed by atoms with Crippen molar-refractivity contribution in [1.82, 2.24) is 46.4 Å². The average molecular weight is 1110 g/mol. The third-order valence-electron chi connectivity index (χ3n) is 13.6. The van der Waals surface area contributed by atoms with Crippen molar-refractivity contribution < 1.29 is 51.6 Å². The molecule has 1 heterocycles. The van der Waals surface area contributed by atoms with Crippen LogP contribution in [-0.2, 0) is 66.1 Å². The molecule has 21 nitrogen and oxygen atoms in total. The van der Waals surface area contributed by atoms with Crippen molar-refractivity contribution in [1.29, 1.82) is 0 Å². The number of imide groups is 1. The normalized spacial score (nSPS) is 15.0. The first-order valence-electron chi connectivity index (χ1n) is 26.4. The van der Waals surface area contributed by atoms with Crippen molar-refractivity contribution in [2.24, 2.45) is 23.0 Å². The van der Waals surface area contributed by atoms with Gasteiger partial charge < -0.3 is 42.5 Å². The van der Waals surface area contributed by atoms with Crippen LogP contribution in [0.1, 0.15) is 124 Å². The number of sulfonamides is 1. The summed E-state index contributed by atoms with van der Waals surface area (Å²) >= 11 is 0. The Balaban J connectivity index is 1.63. The van der Waals surface area contributed by atoms with Crippen LogP contribution < -0.4 is 42.4 Å². The Labute approximate surface area is 460 Å². The number of nitrogens with zero attached hydrogens (tertiary/aromatic N) is 2. The standard InChI is InChI=1S/C56H84N10O11S/c1-35(2)42(65(12)53(74)48(55(6,7)8)63-52(73)47(58-11)56(9,10)40-20-15-13-16-21-40)32-37(5)49(70)64-78(76,77)34-39-26-24-38(25-27-39)33-60-50(71)41(22-19-30-59-54(57)75)61-51(72)46(36(3)4)62-43(67)23-17-14-18-31-66-44(68)28-29-45(66)69/h13,15-16,20-21,24-29,32,35-36,41-42,46-48,58H,14,17-19,22-23,30-31,33-34H2,1-12H3,(H,60,71)(H,61,72)(H,62,67)(H,63,73)(H,64,70)(H3,57,59,75)/t41-,42+,46-,47+,48+/m0/s1. The first-order chi connectivity index (χ1) is 36.4. The van der Waals surface area contributed by atoms with E-state index >= 15 is 0 Å². The molecule has 22 heteroatoms. The van der Waals surface area contributed by atoms with Crippen molar-refractivity contribution in [2.45, 2.75) is 156 Å². The van der Waals surface area contributed by atoms with Crippen LogP contribution in [0.2, 0.25) is 0 Å². The van der Waals surface area contributed by atoms with Gasteiger partial charge in [0.2, 0.25) is 39.6 Å². The van der Waals surface area contributed by atoms with Crippen molar-refractivity contribution in [2.75, 3.05) is 27.2 Å². The Morgan fingerprint density at radius 2 is 1.33 bits per heavy atom. The molecule has 0 aromatic heterocycles. The molecule has 0 unspecified atom stereocenters. The SMILES string of the molecule is CN[C@H](C(=O)N[C@H](C(=O)N(C)[C@H](C=C(C)C(=O)NS(=O)(=O)Cc1ccc(CNC(=O)[C@H](CCCNC(N)=O)NC(=O)[C@@H](NC(=O)CCCCCN2C(=O)C=CC2=O)C(C)C)cc1)C(C)C)C(C)(C)C)C(C)(C)c1ccccc1. The van der Waals surface area contributed by atoms with Crippen LogP contribution in [-0.4, -0.2) is 129 Å². The summed E-state index contributed by atoms with van der Waals surface area (Å²) in [4.78, 5) is 119. The minimum absolute atomic E-state index is 0.0147. The molecular weight excluding hydrogens is 1020 g/mol. The van der Waals surface area contributed by atoms with Gasteiger partial charge in [-0.25, -0.2) is 17.9 Å². The van der Waals surface area contributed by atoms with Crippen LogP contribution in [0.4, 0.5) is 4.79 Å². The molecule has 0 saturated carbocycles. The Morgan fingerprint density at radius 3 is 1.88 bits per heavy atom. The molecule has 1 aliphatic heterocycles. The molecular formula is C56H84N10O11S. The number of carbonyl (C=O) groups excluding carboxylic acids is 9. The molecule has 0 spiro atoms. The van der Waals surface area contributed by atoms with E-state index in [1.807, 2.05) is 78.8 Å². The second-order valence-electron chi connectivity index (χ2n) is 22.1. The number of hydrogen-bond acceptors (Lipinski definition) is 12. The zero-order valence-electron chi connectivity index (χ0n) is 47.4. The maximum absolute atomic E-state index is 14.4. The number of rotatable bonds is 30. The number of benzene rings is 2. The maximum Gasteiger partial charge on any atom is 0.312 e. The fraction of sp³-hybridized carbons (Fsp3) is 0.554. The molecule has 0 bridgehead atoms. The maximum atomic E-state index is 14.4. The number of unbranched alkanes of at least 4 members (excludes halogenated alkanes) is 2. The highest BCUT2D eigenvalue weighted by Crippen LogP contribution is 2.29. The number of nitrogens with one attached hydrogen (secondary N) is 7. The lowest BCUT2D eigenvalue weighted by Gasteiger charge is -2.40. The monoisotopic (exact) mass is 1100 g/mol. The Hall–Kier alpha value is -6.94. The molecule has 430 valence electrons. The van der Waals surface area contributed by atoms with E-state index in [0.717, 1.165) is 10.5 Å². The van der Waals surface area contributed by atoms with Gasteiger partial charge in [-0.05, 0) is 73.6 Å². The third-order valence-corrected chi connectivity index (χ3v) is 14.8. The third kappa shape index (κ3) is 20.1. The molecule has 0 saturated heterocycles. The summed E-state index contributed by atoms with van der Waals surface area (Å²) in [6.07, 6.45) is 5.94. The summed E-state index contributed by atoms with van der Waals surface area (Å²) in [6.45, 7) is 18.5. The molecule has 1 aliphatic rings. The number of amides is 10. The fourth-order valence-electron chi connectivity index (χ4n) is 8.92. The van der Waals surface area contributed by atoms with E-state index in [1.54, 1.807) is 46.2 Å². The van der Waals surface area contributed by atoms with E-state index in [-0.39, 0.29) is 79.9 Å². The van der Waals surface area contributed by atoms with Gasteiger partial charge in [-0.1, -0.05) is 129 Å². The second kappa shape index (κ2) is 29.7. The first kappa shape index (κ1) is 65.3. The number of nitrogens with two attached hydrogens (primary N) is 1. The van der Waals surface area contributed by atoms with Gasteiger partial charge in [0.05, 0.1) is 17.8 Å². The van der Waals surface area contributed by atoms with Gasteiger partial charge in [-0.2, -0.15) is 0 Å². The average Bonchev–Trinajstić information content (AvgIpc) is 3.69. The van der Waals surface area contributed by atoms with Crippen molar-refractivity contribution in [3.05, 3.63) is 95.1 Å². The molecule has 2 aromatic carbocycles. The van der Waals surface area contributed by atoms with E-state index < -0.39 is 86.5 Å². The molecule has 78 heavy (non-hydrogen) atoms. The number of hydrogen-bond donors (Lipinski definition) is 8. The van der Waals surface area contributed by atoms with Crippen LogP contribution in [0.3, 0.4) is 0 Å².